The van der Waals surface area contributed by atoms with E-state index in [-0.39, 0.29) is 16.3 Å². The molecule has 0 bridgehead atoms. The van der Waals surface area contributed by atoms with Gasteiger partial charge in [-0.05, 0) is 31.0 Å². The number of hydrogen-bond acceptors (Lipinski definition) is 2. The lowest BCUT2D eigenvalue weighted by molar-refractivity contribution is -0.144. The average Bonchev–Trinajstić information content (AvgIpc) is 2.39. The second kappa shape index (κ2) is 7.02. The van der Waals surface area contributed by atoms with Gasteiger partial charge in [0.1, 0.15) is 6.54 Å². The van der Waals surface area contributed by atoms with Gasteiger partial charge >= 0.3 is 6.18 Å². The van der Waals surface area contributed by atoms with Crippen LogP contribution in [-0.4, -0.2) is 29.6 Å². The Labute approximate surface area is 126 Å². The van der Waals surface area contributed by atoms with E-state index in [0.717, 1.165) is 4.90 Å². The fourth-order valence-corrected chi connectivity index (χ4v) is 2.33. The maximum absolute atomic E-state index is 12.7. The number of rotatable bonds is 5. The number of nitrogens with two attached hydrogens (primary N) is 1. The first-order valence-corrected chi connectivity index (χ1v) is 7.00. The molecule has 0 aromatic heterocycles. The maximum Gasteiger partial charge on any atom is 0.406 e. The minimum atomic E-state index is -4.47. The SMILES string of the molecule is CCC(CC)N(CC(F)(F)F)C(=O)c1cc(Cl)ccc1N. The van der Waals surface area contributed by atoms with Crippen molar-refractivity contribution in [3.05, 3.63) is 28.8 Å². The molecule has 0 spiro atoms. The van der Waals surface area contributed by atoms with Crippen molar-refractivity contribution in [2.45, 2.75) is 38.9 Å². The summed E-state index contributed by atoms with van der Waals surface area (Å²) < 4.78 is 38.2. The van der Waals surface area contributed by atoms with Crippen molar-refractivity contribution in [3.8, 4) is 0 Å². The molecular weight excluding hydrogens is 305 g/mol. The van der Waals surface area contributed by atoms with Gasteiger partial charge < -0.3 is 10.6 Å². The Morgan fingerprint density at radius 1 is 1.33 bits per heavy atom. The number of alkyl halides is 3. The summed E-state index contributed by atoms with van der Waals surface area (Å²) in [5.41, 5.74) is 5.80. The van der Waals surface area contributed by atoms with Gasteiger partial charge in [0.2, 0.25) is 0 Å². The van der Waals surface area contributed by atoms with E-state index in [0.29, 0.717) is 12.8 Å². The van der Waals surface area contributed by atoms with E-state index < -0.39 is 24.7 Å². The van der Waals surface area contributed by atoms with Crippen molar-refractivity contribution in [3.63, 3.8) is 0 Å². The predicted molar refractivity (Wildman–Crippen MR) is 77.3 cm³/mol. The molecule has 21 heavy (non-hydrogen) atoms. The molecule has 3 nitrogen and oxygen atoms in total. The Bertz CT molecular complexity index is 501. The van der Waals surface area contributed by atoms with Crippen molar-refractivity contribution in [1.82, 2.24) is 4.90 Å². The van der Waals surface area contributed by atoms with Crippen LogP contribution in [0.4, 0.5) is 18.9 Å². The highest BCUT2D eigenvalue weighted by molar-refractivity contribution is 6.31. The maximum atomic E-state index is 12.7. The zero-order valence-corrected chi connectivity index (χ0v) is 12.6. The first kappa shape index (κ1) is 17.6. The van der Waals surface area contributed by atoms with Gasteiger partial charge in [0.05, 0.1) is 5.56 Å². The Balaban J connectivity index is 3.18. The molecule has 1 aromatic carbocycles. The number of anilines is 1. The number of benzene rings is 1. The van der Waals surface area contributed by atoms with Gasteiger partial charge in [-0.2, -0.15) is 13.2 Å². The molecule has 1 aromatic rings. The highest BCUT2D eigenvalue weighted by atomic mass is 35.5. The zero-order valence-electron chi connectivity index (χ0n) is 11.9. The smallest absolute Gasteiger partial charge is 0.398 e. The standard InChI is InChI=1S/C14H18ClF3N2O/c1-3-10(4-2)20(8-14(16,17)18)13(21)11-7-9(15)5-6-12(11)19/h5-7,10H,3-4,8,19H2,1-2H3. The van der Waals surface area contributed by atoms with Crippen LogP contribution in [0.5, 0.6) is 0 Å². The monoisotopic (exact) mass is 322 g/mol. The predicted octanol–water partition coefficient (Wildman–Crippen LogP) is 4.12. The molecule has 0 saturated carbocycles. The van der Waals surface area contributed by atoms with Crippen LogP contribution in [-0.2, 0) is 0 Å². The van der Waals surface area contributed by atoms with Crippen LogP contribution in [0, 0.1) is 0 Å². The second-order valence-electron chi connectivity index (χ2n) is 4.75. The minimum Gasteiger partial charge on any atom is -0.398 e. The van der Waals surface area contributed by atoms with Gasteiger partial charge in [-0.25, -0.2) is 0 Å². The van der Waals surface area contributed by atoms with Crippen LogP contribution < -0.4 is 5.73 Å². The normalized spacial score (nSPS) is 11.8. The Morgan fingerprint density at radius 3 is 2.38 bits per heavy atom. The molecule has 1 amide bonds. The summed E-state index contributed by atoms with van der Waals surface area (Å²) in [5, 5.41) is 0.254. The van der Waals surface area contributed by atoms with E-state index in [1.165, 1.54) is 18.2 Å². The van der Waals surface area contributed by atoms with Crippen LogP contribution in [0.1, 0.15) is 37.0 Å². The third kappa shape index (κ3) is 4.81. The van der Waals surface area contributed by atoms with Crippen LogP contribution in [0.15, 0.2) is 18.2 Å². The fourth-order valence-electron chi connectivity index (χ4n) is 2.16. The number of amides is 1. The van der Waals surface area contributed by atoms with Crippen LogP contribution in [0.3, 0.4) is 0 Å². The fraction of sp³-hybridized carbons (Fsp3) is 0.500. The van der Waals surface area contributed by atoms with Gasteiger partial charge in [0.15, 0.2) is 0 Å². The zero-order chi connectivity index (χ0) is 16.2. The Hall–Kier alpha value is -1.43. The number of nitrogens with zero attached hydrogens (tertiary/aromatic N) is 1. The summed E-state index contributed by atoms with van der Waals surface area (Å²) >= 11 is 5.80. The molecule has 118 valence electrons. The molecular formula is C14H18ClF3N2O. The molecule has 2 N–H and O–H groups in total. The summed E-state index contributed by atoms with van der Waals surface area (Å²) in [5.74, 6) is -0.749. The van der Waals surface area contributed by atoms with E-state index >= 15 is 0 Å². The van der Waals surface area contributed by atoms with E-state index in [4.69, 9.17) is 17.3 Å². The van der Waals surface area contributed by atoms with Crippen LogP contribution >= 0.6 is 11.6 Å². The van der Waals surface area contributed by atoms with E-state index in [1.807, 2.05) is 0 Å². The largest absolute Gasteiger partial charge is 0.406 e. The van der Waals surface area contributed by atoms with Crippen molar-refractivity contribution in [2.24, 2.45) is 0 Å². The van der Waals surface area contributed by atoms with E-state index in [2.05, 4.69) is 0 Å². The molecule has 0 aliphatic carbocycles. The van der Waals surface area contributed by atoms with Gasteiger partial charge in [0.25, 0.3) is 5.91 Å². The number of hydrogen-bond donors (Lipinski definition) is 1. The van der Waals surface area contributed by atoms with Crippen molar-refractivity contribution in [1.29, 1.82) is 0 Å². The minimum absolute atomic E-state index is 0.00125. The van der Waals surface area contributed by atoms with E-state index in [1.54, 1.807) is 13.8 Å². The number of carbonyl (C=O) groups excluding carboxylic acids is 1. The Morgan fingerprint density at radius 2 is 1.90 bits per heavy atom. The summed E-state index contributed by atoms with van der Waals surface area (Å²) in [4.78, 5) is 13.3. The first-order chi connectivity index (χ1) is 9.69. The van der Waals surface area contributed by atoms with Crippen LogP contribution in [0.25, 0.3) is 0 Å². The molecule has 0 radical (unpaired) electrons. The molecule has 0 atom stereocenters. The van der Waals surface area contributed by atoms with Gasteiger partial charge in [-0.3, -0.25) is 4.79 Å². The summed E-state index contributed by atoms with van der Waals surface area (Å²) in [6, 6.07) is 3.69. The summed E-state index contributed by atoms with van der Waals surface area (Å²) in [6.07, 6.45) is -3.61. The molecule has 1 rings (SSSR count). The quantitative estimate of drug-likeness (QED) is 0.829. The lowest BCUT2D eigenvalue weighted by atomic mass is 10.1. The van der Waals surface area contributed by atoms with E-state index in [9.17, 15) is 18.0 Å². The van der Waals surface area contributed by atoms with Gasteiger partial charge in [0, 0.05) is 16.8 Å². The number of nitrogen functional groups attached to an aromatic ring is 1. The Kier molecular flexibility index (Phi) is 5.89. The highest BCUT2D eigenvalue weighted by Crippen LogP contribution is 2.25. The van der Waals surface area contributed by atoms with Crippen LogP contribution in [0.2, 0.25) is 5.02 Å². The third-order valence-electron chi connectivity index (χ3n) is 3.24. The first-order valence-electron chi connectivity index (χ1n) is 6.62. The molecule has 0 heterocycles. The molecule has 0 aliphatic rings. The second-order valence-corrected chi connectivity index (χ2v) is 5.19. The molecule has 0 fully saturated rings. The summed E-state index contributed by atoms with van der Waals surface area (Å²) in [7, 11) is 0. The van der Waals surface area contributed by atoms with Gasteiger partial charge in [-0.15, -0.1) is 0 Å². The van der Waals surface area contributed by atoms with Crippen molar-refractivity contribution >= 4 is 23.2 Å². The molecule has 0 unspecified atom stereocenters. The van der Waals surface area contributed by atoms with Crippen molar-refractivity contribution < 1.29 is 18.0 Å². The lowest BCUT2D eigenvalue weighted by Crippen LogP contribution is -2.45. The third-order valence-corrected chi connectivity index (χ3v) is 3.47. The molecule has 0 saturated heterocycles. The van der Waals surface area contributed by atoms with Gasteiger partial charge in [-0.1, -0.05) is 25.4 Å². The number of carbonyl (C=O) groups is 1. The average molecular weight is 323 g/mol. The lowest BCUT2D eigenvalue weighted by Gasteiger charge is -2.31. The van der Waals surface area contributed by atoms with Crippen molar-refractivity contribution in [2.75, 3.05) is 12.3 Å². The topological polar surface area (TPSA) is 46.3 Å². The summed E-state index contributed by atoms with van der Waals surface area (Å²) in [6.45, 7) is 2.18. The molecule has 0 aliphatic heterocycles. The molecule has 7 heteroatoms. The number of halogens is 4. The highest BCUT2D eigenvalue weighted by Gasteiger charge is 2.36.